The molecule has 1 aromatic heterocycles. The number of nitrogens with one attached hydrogen (secondary N) is 1. The molecule has 0 unspecified atom stereocenters. The summed E-state index contributed by atoms with van der Waals surface area (Å²) in [4.78, 5) is 8.48. The third-order valence-electron chi connectivity index (χ3n) is 2.51. The van der Waals surface area contributed by atoms with Gasteiger partial charge in [0, 0.05) is 11.6 Å². The van der Waals surface area contributed by atoms with Crippen LogP contribution in [0.4, 0.5) is 0 Å². The molecule has 2 aromatic rings. The van der Waals surface area contributed by atoms with Gasteiger partial charge in [-0.05, 0) is 24.2 Å². The first-order valence-electron chi connectivity index (χ1n) is 6.17. The van der Waals surface area contributed by atoms with Crippen molar-refractivity contribution in [2.24, 2.45) is 0 Å². The normalized spacial score (nSPS) is 10.4. The summed E-state index contributed by atoms with van der Waals surface area (Å²) in [6.07, 6.45) is 3.35. The van der Waals surface area contributed by atoms with Crippen molar-refractivity contribution in [2.75, 3.05) is 6.54 Å². The van der Waals surface area contributed by atoms with Gasteiger partial charge in [-0.2, -0.15) is 0 Å². The summed E-state index contributed by atoms with van der Waals surface area (Å²) >= 11 is 5.91. The molecule has 0 aliphatic carbocycles. The number of hydrogen-bond donors (Lipinski definition) is 1. The first-order valence-corrected chi connectivity index (χ1v) is 6.54. The van der Waals surface area contributed by atoms with Gasteiger partial charge in [0.15, 0.2) is 0 Å². The van der Waals surface area contributed by atoms with Crippen molar-refractivity contribution in [1.82, 2.24) is 15.3 Å². The van der Waals surface area contributed by atoms with E-state index in [0.29, 0.717) is 17.5 Å². The van der Waals surface area contributed by atoms with Crippen molar-refractivity contribution in [1.29, 1.82) is 0 Å². The number of halogens is 1. The SMILES string of the molecule is CCNCc1cnc(OCc2cccc(Cl)c2)cn1. The number of nitrogens with zero attached hydrogens (tertiary/aromatic N) is 2. The summed E-state index contributed by atoms with van der Waals surface area (Å²) in [5.41, 5.74) is 1.91. The average molecular weight is 278 g/mol. The minimum absolute atomic E-state index is 0.432. The molecule has 0 atom stereocenters. The van der Waals surface area contributed by atoms with Gasteiger partial charge >= 0.3 is 0 Å². The minimum atomic E-state index is 0.432. The van der Waals surface area contributed by atoms with Crippen LogP contribution in [0.1, 0.15) is 18.2 Å². The van der Waals surface area contributed by atoms with E-state index in [1.165, 1.54) is 0 Å². The van der Waals surface area contributed by atoms with Crippen LogP contribution in [0.2, 0.25) is 5.02 Å². The summed E-state index contributed by atoms with van der Waals surface area (Å²) in [6, 6.07) is 7.56. The lowest BCUT2D eigenvalue weighted by molar-refractivity contribution is 0.292. The molecule has 1 N–H and O–H groups in total. The molecule has 100 valence electrons. The molecule has 0 fully saturated rings. The monoisotopic (exact) mass is 277 g/mol. The highest BCUT2D eigenvalue weighted by Gasteiger charge is 2.00. The van der Waals surface area contributed by atoms with Gasteiger partial charge in [-0.3, -0.25) is 4.98 Å². The molecule has 0 bridgehead atoms. The zero-order valence-corrected chi connectivity index (χ0v) is 11.5. The van der Waals surface area contributed by atoms with Crippen molar-refractivity contribution in [2.45, 2.75) is 20.1 Å². The largest absolute Gasteiger partial charge is 0.472 e. The number of hydrogen-bond acceptors (Lipinski definition) is 4. The van der Waals surface area contributed by atoms with E-state index >= 15 is 0 Å². The smallest absolute Gasteiger partial charge is 0.232 e. The van der Waals surface area contributed by atoms with Gasteiger partial charge < -0.3 is 10.1 Å². The van der Waals surface area contributed by atoms with E-state index < -0.39 is 0 Å². The summed E-state index contributed by atoms with van der Waals surface area (Å²) < 4.78 is 5.55. The van der Waals surface area contributed by atoms with Crippen LogP contribution in [0.15, 0.2) is 36.7 Å². The van der Waals surface area contributed by atoms with Crippen molar-refractivity contribution >= 4 is 11.6 Å². The van der Waals surface area contributed by atoms with Gasteiger partial charge in [-0.15, -0.1) is 0 Å². The van der Waals surface area contributed by atoms with E-state index in [1.54, 1.807) is 12.4 Å². The highest BCUT2D eigenvalue weighted by atomic mass is 35.5. The standard InChI is InChI=1S/C14H16ClN3O/c1-2-16-7-13-8-18-14(9-17-13)19-10-11-4-3-5-12(15)6-11/h3-6,8-9,16H,2,7,10H2,1H3. The lowest BCUT2D eigenvalue weighted by Crippen LogP contribution is -2.13. The Morgan fingerprint density at radius 1 is 1.26 bits per heavy atom. The fourth-order valence-corrected chi connectivity index (χ4v) is 1.76. The predicted octanol–water partition coefficient (Wildman–Crippen LogP) is 2.82. The molecule has 0 saturated heterocycles. The Bertz CT molecular complexity index is 516. The maximum atomic E-state index is 5.91. The lowest BCUT2D eigenvalue weighted by Gasteiger charge is -2.06. The zero-order valence-electron chi connectivity index (χ0n) is 10.8. The Hall–Kier alpha value is -1.65. The quantitative estimate of drug-likeness (QED) is 0.882. The lowest BCUT2D eigenvalue weighted by atomic mass is 10.2. The van der Waals surface area contributed by atoms with Crippen LogP contribution in [0, 0.1) is 0 Å². The van der Waals surface area contributed by atoms with E-state index in [2.05, 4.69) is 22.2 Å². The minimum Gasteiger partial charge on any atom is -0.472 e. The van der Waals surface area contributed by atoms with E-state index in [0.717, 1.165) is 24.3 Å². The number of aromatic nitrogens is 2. The molecule has 4 nitrogen and oxygen atoms in total. The molecule has 0 amide bonds. The van der Waals surface area contributed by atoms with Crippen LogP contribution in [0.5, 0.6) is 5.88 Å². The van der Waals surface area contributed by atoms with E-state index in [-0.39, 0.29) is 0 Å². The Morgan fingerprint density at radius 2 is 2.16 bits per heavy atom. The highest BCUT2D eigenvalue weighted by molar-refractivity contribution is 6.30. The molecule has 0 saturated carbocycles. The molecule has 0 aliphatic rings. The number of benzene rings is 1. The topological polar surface area (TPSA) is 47.0 Å². The van der Waals surface area contributed by atoms with E-state index in [9.17, 15) is 0 Å². The third-order valence-corrected chi connectivity index (χ3v) is 2.75. The first-order chi connectivity index (χ1) is 9.28. The fourth-order valence-electron chi connectivity index (χ4n) is 1.55. The van der Waals surface area contributed by atoms with Gasteiger partial charge in [-0.1, -0.05) is 30.7 Å². The van der Waals surface area contributed by atoms with Crippen LogP contribution in [-0.2, 0) is 13.2 Å². The molecule has 19 heavy (non-hydrogen) atoms. The second-order valence-corrected chi connectivity index (χ2v) is 4.48. The van der Waals surface area contributed by atoms with Crippen molar-refractivity contribution < 1.29 is 4.74 Å². The van der Waals surface area contributed by atoms with Crippen LogP contribution < -0.4 is 10.1 Å². The predicted molar refractivity (Wildman–Crippen MR) is 75.2 cm³/mol. The third kappa shape index (κ3) is 4.50. The molecule has 2 rings (SSSR count). The second kappa shape index (κ2) is 7.07. The molecule has 1 aromatic carbocycles. The zero-order chi connectivity index (χ0) is 13.5. The molecule has 1 heterocycles. The van der Waals surface area contributed by atoms with Crippen LogP contribution >= 0.6 is 11.6 Å². The highest BCUT2D eigenvalue weighted by Crippen LogP contribution is 2.13. The Labute approximate surface area is 117 Å². The first kappa shape index (κ1) is 13.8. The molecule has 0 spiro atoms. The molecular formula is C14H16ClN3O. The molecule has 0 aliphatic heterocycles. The van der Waals surface area contributed by atoms with E-state index in [4.69, 9.17) is 16.3 Å². The van der Waals surface area contributed by atoms with Gasteiger partial charge in [0.2, 0.25) is 5.88 Å². The van der Waals surface area contributed by atoms with Crippen LogP contribution in [-0.4, -0.2) is 16.5 Å². The maximum Gasteiger partial charge on any atom is 0.232 e. The van der Waals surface area contributed by atoms with Gasteiger partial charge in [0.1, 0.15) is 6.61 Å². The summed E-state index contributed by atoms with van der Waals surface area (Å²) in [5, 5.41) is 3.89. The van der Waals surface area contributed by atoms with Gasteiger partial charge in [0.25, 0.3) is 0 Å². The molecular weight excluding hydrogens is 262 g/mol. The van der Waals surface area contributed by atoms with Crippen molar-refractivity contribution in [3.05, 3.63) is 52.9 Å². The Kier molecular flexibility index (Phi) is 5.12. The van der Waals surface area contributed by atoms with Crippen molar-refractivity contribution in [3.63, 3.8) is 0 Å². The Morgan fingerprint density at radius 3 is 2.84 bits per heavy atom. The van der Waals surface area contributed by atoms with Crippen LogP contribution in [0.25, 0.3) is 0 Å². The number of ether oxygens (including phenoxy) is 1. The Balaban J connectivity index is 1.89. The second-order valence-electron chi connectivity index (χ2n) is 4.04. The van der Waals surface area contributed by atoms with Gasteiger partial charge in [0.05, 0.1) is 18.1 Å². The number of rotatable bonds is 6. The molecule has 0 radical (unpaired) electrons. The van der Waals surface area contributed by atoms with Gasteiger partial charge in [-0.25, -0.2) is 4.98 Å². The molecule has 5 heteroatoms. The summed E-state index contributed by atoms with van der Waals surface area (Å²) in [5.74, 6) is 0.514. The maximum absolute atomic E-state index is 5.91. The average Bonchev–Trinajstić information content (AvgIpc) is 2.44. The summed E-state index contributed by atoms with van der Waals surface area (Å²) in [7, 11) is 0. The van der Waals surface area contributed by atoms with Crippen LogP contribution in [0.3, 0.4) is 0 Å². The van der Waals surface area contributed by atoms with Crippen molar-refractivity contribution in [3.8, 4) is 5.88 Å². The van der Waals surface area contributed by atoms with E-state index in [1.807, 2.05) is 24.3 Å². The summed E-state index contributed by atoms with van der Waals surface area (Å²) in [6.45, 7) is 4.12. The fraction of sp³-hybridized carbons (Fsp3) is 0.286.